The van der Waals surface area contributed by atoms with Gasteiger partial charge in [-0.2, -0.15) is 0 Å². The highest BCUT2D eigenvalue weighted by atomic mass is 16.6. The molecular formula is C16H18N2O3. The molecule has 2 aromatic carbocycles. The Balaban J connectivity index is 2.14. The number of rotatable bonds is 6. The third-order valence-corrected chi connectivity index (χ3v) is 3.22. The summed E-state index contributed by atoms with van der Waals surface area (Å²) in [6.07, 6.45) is 0.599. The van der Waals surface area contributed by atoms with Crippen LogP contribution < -0.4 is 10.5 Å². The summed E-state index contributed by atoms with van der Waals surface area (Å²) in [6, 6.07) is 13.9. The predicted molar refractivity (Wildman–Crippen MR) is 81.3 cm³/mol. The first kappa shape index (κ1) is 15.0. The van der Waals surface area contributed by atoms with Crippen molar-refractivity contribution in [3.05, 3.63) is 69.8 Å². The van der Waals surface area contributed by atoms with Crippen molar-refractivity contribution >= 4 is 5.69 Å². The van der Waals surface area contributed by atoms with E-state index in [0.717, 1.165) is 16.9 Å². The minimum absolute atomic E-state index is 0.0852. The number of ether oxygens (including phenoxy) is 1. The van der Waals surface area contributed by atoms with Gasteiger partial charge in [0.25, 0.3) is 5.69 Å². The van der Waals surface area contributed by atoms with Crippen LogP contribution >= 0.6 is 0 Å². The van der Waals surface area contributed by atoms with Gasteiger partial charge in [-0.15, -0.1) is 0 Å². The average Bonchev–Trinajstić information content (AvgIpc) is 2.48. The molecule has 0 aliphatic rings. The Morgan fingerprint density at radius 1 is 1.19 bits per heavy atom. The van der Waals surface area contributed by atoms with Gasteiger partial charge in [0, 0.05) is 23.7 Å². The summed E-state index contributed by atoms with van der Waals surface area (Å²) in [7, 11) is 0. The van der Waals surface area contributed by atoms with Crippen LogP contribution in [0.15, 0.2) is 48.5 Å². The van der Waals surface area contributed by atoms with Gasteiger partial charge in [0.15, 0.2) is 0 Å². The molecule has 0 amide bonds. The normalized spacial score (nSPS) is 11.9. The van der Waals surface area contributed by atoms with Gasteiger partial charge >= 0.3 is 0 Å². The first-order valence-electron chi connectivity index (χ1n) is 6.82. The Bertz CT molecular complexity index is 611. The molecule has 110 valence electrons. The maximum atomic E-state index is 10.6. The first-order valence-corrected chi connectivity index (χ1v) is 6.82. The predicted octanol–water partition coefficient (Wildman–Crippen LogP) is 3.24. The molecule has 5 heteroatoms. The van der Waals surface area contributed by atoms with E-state index in [1.807, 2.05) is 31.2 Å². The maximum Gasteiger partial charge on any atom is 0.269 e. The molecule has 0 aromatic heterocycles. The molecule has 1 unspecified atom stereocenters. The van der Waals surface area contributed by atoms with Crippen LogP contribution in [0.2, 0.25) is 0 Å². The largest absolute Gasteiger partial charge is 0.494 e. The van der Waals surface area contributed by atoms with Crippen molar-refractivity contribution in [2.45, 2.75) is 19.4 Å². The van der Waals surface area contributed by atoms with Crippen molar-refractivity contribution in [2.24, 2.45) is 5.73 Å². The van der Waals surface area contributed by atoms with Crippen molar-refractivity contribution in [1.29, 1.82) is 0 Å². The molecule has 2 aromatic rings. The third-order valence-electron chi connectivity index (χ3n) is 3.22. The number of nitrogens with two attached hydrogens (primary N) is 1. The summed E-state index contributed by atoms with van der Waals surface area (Å²) in [5.41, 5.74) is 8.23. The highest BCUT2D eigenvalue weighted by Crippen LogP contribution is 2.26. The van der Waals surface area contributed by atoms with Crippen LogP contribution in [0.4, 0.5) is 5.69 Å². The van der Waals surface area contributed by atoms with Gasteiger partial charge in [-0.3, -0.25) is 10.1 Å². The zero-order valence-corrected chi connectivity index (χ0v) is 11.9. The molecule has 0 fully saturated rings. The lowest BCUT2D eigenvalue weighted by Crippen LogP contribution is -2.14. The van der Waals surface area contributed by atoms with Crippen molar-refractivity contribution < 1.29 is 9.66 Å². The second-order valence-electron chi connectivity index (χ2n) is 4.71. The van der Waals surface area contributed by atoms with E-state index >= 15 is 0 Å². The van der Waals surface area contributed by atoms with Crippen molar-refractivity contribution in [3.63, 3.8) is 0 Å². The van der Waals surface area contributed by atoms with E-state index < -0.39 is 4.92 Å². The Morgan fingerprint density at radius 2 is 1.86 bits per heavy atom. The fraction of sp³-hybridized carbons (Fsp3) is 0.250. The zero-order valence-electron chi connectivity index (χ0n) is 11.9. The van der Waals surface area contributed by atoms with E-state index in [-0.39, 0.29) is 11.7 Å². The molecule has 0 spiro atoms. The fourth-order valence-corrected chi connectivity index (χ4v) is 2.19. The van der Waals surface area contributed by atoms with E-state index in [1.165, 1.54) is 12.1 Å². The molecule has 0 radical (unpaired) electrons. The SMILES string of the molecule is CCOc1ccccc1C(N)Cc1ccc([N+](=O)[O-])cc1. The second kappa shape index (κ2) is 6.85. The summed E-state index contributed by atoms with van der Waals surface area (Å²) in [5.74, 6) is 0.786. The van der Waals surface area contributed by atoms with Gasteiger partial charge in [-0.05, 0) is 25.0 Å². The Hall–Kier alpha value is -2.40. The topological polar surface area (TPSA) is 78.4 Å². The van der Waals surface area contributed by atoms with E-state index in [9.17, 15) is 10.1 Å². The minimum atomic E-state index is -0.409. The number of para-hydroxylation sites is 1. The van der Waals surface area contributed by atoms with Gasteiger partial charge < -0.3 is 10.5 Å². The number of hydrogen-bond donors (Lipinski definition) is 1. The molecule has 2 N–H and O–H groups in total. The van der Waals surface area contributed by atoms with Crippen LogP contribution in [0, 0.1) is 10.1 Å². The van der Waals surface area contributed by atoms with Crippen LogP contribution in [-0.2, 0) is 6.42 Å². The van der Waals surface area contributed by atoms with Crippen LogP contribution in [0.5, 0.6) is 5.75 Å². The number of benzene rings is 2. The molecule has 5 nitrogen and oxygen atoms in total. The lowest BCUT2D eigenvalue weighted by Gasteiger charge is -2.16. The van der Waals surface area contributed by atoms with E-state index in [0.29, 0.717) is 13.0 Å². The maximum absolute atomic E-state index is 10.6. The van der Waals surface area contributed by atoms with Gasteiger partial charge in [0.05, 0.1) is 11.5 Å². The lowest BCUT2D eigenvalue weighted by atomic mass is 9.99. The first-order chi connectivity index (χ1) is 10.1. The molecule has 2 rings (SSSR count). The number of nitrogens with zero attached hydrogens (tertiary/aromatic N) is 1. The Labute approximate surface area is 123 Å². The smallest absolute Gasteiger partial charge is 0.269 e. The molecule has 0 aliphatic heterocycles. The molecule has 0 aliphatic carbocycles. The number of nitro benzene ring substituents is 1. The van der Waals surface area contributed by atoms with E-state index in [2.05, 4.69) is 0 Å². The quantitative estimate of drug-likeness (QED) is 0.653. The van der Waals surface area contributed by atoms with Gasteiger partial charge in [-0.25, -0.2) is 0 Å². The highest BCUT2D eigenvalue weighted by molar-refractivity contribution is 5.38. The van der Waals surface area contributed by atoms with E-state index in [4.69, 9.17) is 10.5 Å². The molecule has 1 atom stereocenters. The summed E-state index contributed by atoms with van der Waals surface area (Å²) in [5, 5.41) is 10.6. The van der Waals surface area contributed by atoms with Crippen molar-refractivity contribution in [1.82, 2.24) is 0 Å². The Morgan fingerprint density at radius 3 is 2.48 bits per heavy atom. The van der Waals surface area contributed by atoms with Crippen LogP contribution in [0.25, 0.3) is 0 Å². The van der Waals surface area contributed by atoms with Crippen LogP contribution in [0.3, 0.4) is 0 Å². The lowest BCUT2D eigenvalue weighted by molar-refractivity contribution is -0.384. The number of non-ortho nitro benzene ring substituents is 1. The fourth-order valence-electron chi connectivity index (χ4n) is 2.19. The van der Waals surface area contributed by atoms with Gasteiger partial charge in [-0.1, -0.05) is 30.3 Å². The minimum Gasteiger partial charge on any atom is -0.494 e. The van der Waals surface area contributed by atoms with Crippen LogP contribution in [0.1, 0.15) is 24.1 Å². The second-order valence-corrected chi connectivity index (χ2v) is 4.71. The summed E-state index contributed by atoms with van der Waals surface area (Å²) in [6.45, 7) is 2.51. The molecule has 0 saturated carbocycles. The van der Waals surface area contributed by atoms with Crippen molar-refractivity contribution in [3.8, 4) is 5.75 Å². The van der Waals surface area contributed by atoms with Gasteiger partial charge in [0.1, 0.15) is 5.75 Å². The monoisotopic (exact) mass is 286 g/mol. The third kappa shape index (κ3) is 3.79. The van der Waals surface area contributed by atoms with Crippen LogP contribution in [-0.4, -0.2) is 11.5 Å². The molecule has 0 bridgehead atoms. The van der Waals surface area contributed by atoms with Gasteiger partial charge in [0.2, 0.25) is 0 Å². The molecule has 21 heavy (non-hydrogen) atoms. The Kier molecular flexibility index (Phi) is 4.90. The molecule has 0 heterocycles. The molecular weight excluding hydrogens is 268 g/mol. The summed E-state index contributed by atoms with van der Waals surface area (Å²) >= 11 is 0. The van der Waals surface area contributed by atoms with E-state index in [1.54, 1.807) is 12.1 Å². The number of nitro groups is 1. The standard InChI is InChI=1S/C16H18N2O3/c1-2-21-16-6-4-3-5-14(16)15(17)11-12-7-9-13(10-8-12)18(19)20/h3-10,15H,2,11,17H2,1H3. The zero-order chi connectivity index (χ0) is 15.2. The number of hydrogen-bond acceptors (Lipinski definition) is 4. The summed E-state index contributed by atoms with van der Waals surface area (Å²) < 4.78 is 5.58. The average molecular weight is 286 g/mol. The molecule has 0 saturated heterocycles. The highest BCUT2D eigenvalue weighted by Gasteiger charge is 2.13. The summed E-state index contributed by atoms with van der Waals surface area (Å²) in [4.78, 5) is 10.2. The van der Waals surface area contributed by atoms with Crippen molar-refractivity contribution in [2.75, 3.05) is 6.61 Å².